The Morgan fingerprint density at radius 1 is 1.08 bits per heavy atom. The lowest BCUT2D eigenvalue weighted by molar-refractivity contribution is -0.384. The number of anilines is 1. The largest absolute Gasteiger partial charge is 0.493 e. The maximum Gasteiger partial charge on any atom is 0.289 e. The van der Waals surface area contributed by atoms with Crippen molar-refractivity contribution < 1.29 is 14.5 Å². The standard InChI is InChI=1S/C19H15ClN2O4/c20-17-8-6-15(12-18(17)22(24)25)21-19(23)9-10-26-16-7-5-13-3-1-2-4-14(13)11-16/h1-8,11-12H,9-10H2,(H,21,23). The molecule has 0 saturated heterocycles. The number of amides is 1. The van der Waals surface area contributed by atoms with Gasteiger partial charge in [0, 0.05) is 11.8 Å². The number of fused-ring (bicyclic) bond motifs is 1. The van der Waals surface area contributed by atoms with Crippen molar-refractivity contribution >= 4 is 39.7 Å². The molecular weight excluding hydrogens is 356 g/mol. The highest BCUT2D eigenvalue weighted by molar-refractivity contribution is 6.32. The van der Waals surface area contributed by atoms with Crippen molar-refractivity contribution in [1.29, 1.82) is 0 Å². The quantitative estimate of drug-likeness (QED) is 0.498. The average Bonchev–Trinajstić information content (AvgIpc) is 2.63. The summed E-state index contributed by atoms with van der Waals surface area (Å²) in [5.41, 5.74) is 0.0636. The van der Waals surface area contributed by atoms with Crippen molar-refractivity contribution in [2.75, 3.05) is 11.9 Å². The second kappa shape index (κ2) is 7.84. The fourth-order valence-corrected chi connectivity index (χ4v) is 2.66. The third kappa shape index (κ3) is 4.29. The number of carbonyl (C=O) groups is 1. The summed E-state index contributed by atoms with van der Waals surface area (Å²) >= 11 is 5.75. The summed E-state index contributed by atoms with van der Waals surface area (Å²) in [6.07, 6.45) is 0.114. The monoisotopic (exact) mass is 370 g/mol. The summed E-state index contributed by atoms with van der Waals surface area (Å²) < 4.78 is 5.61. The van der Waals surface area contributed by atoms with Gasteiger partial charge in [0.05, 0.1) is 18.0 Å². The van der Waals surface area contributed by atoms with E-state index >= 15 is 0 Å². The Hall–Kier alpha value is -3.12. The number of carbonyl (C=O) groups excluding carboxylic acids is 1. The van der Waals surface area contributed by atoms with E-state index in [-0.39, 0.29) is 29.6 Å². The van der Waals surface area contributed by atoms with E-state index in [9.17, 15) is 14.9 Å². The van der Waals surface area contributed by atoms with Crippen molar-refractivity contribution in [2.24, 2.45) is 0 Å². The summed E-state index contributed by atoms with van der Waals surface area (Å²) in [7, 11) is 0. The predicted molar refractivity (Wildman–Crippen MR) is 101 cm³/mol. The first-order valence-electron chi connectivity index (χ1n) is 7.88. The van der Waals surface area contributed by atoms with Crippen LogP contribution < -0.4 is 10.1 Å². The van der Waals surface area contributed by atoms with Gasteiger partial charge < -0.3 is 10.1 Å². The molecule has 3 rings (SSSR count). The fourth-order valence-electron chi connectivity index (χ4n) is 2.47. The molecule has 0 aliphatic rings. The Kier molecular flexibility index (Phi) is 5.34. The van der Waals surface area contributed by atoms with E-state index in [2.05, 4.69) is 5.32 Å². The normalized spacial score (nSPS) is 10.5. The fraction of sp³-hybridized carbons (Fsp3) is 0.105. The van der Waals surface area contributed by atoms with E-state index in [1.54, 1.807) is 0 Å². The predicted octanol–water partition coefficient (Wildman–Crippen LogP) is 4.81. The van der Waals surface area contributed by atoms with Crippen molar-refractivity contribution in [3.05, 3.63) is 75.8 Å². The smallest absolute Gasteiger partial charge is 0.289 e. The molecule has 26 heavy (non-hydrogen) atoms. The van der Waals surface area contributed by atoms with Gasteiger partial charge in [0.1, 0.15) is 10.8 Å². The molecule has 0 atom stereocenters. The summed E-state index contributed by atoms with van der Waals surface area (Å²) in [6, 6.07) is 17.7. The molecule has 0 aliphatic heterocycles. The summed E-state index contributed by atoms with van der Waals surface area (Å²) in [6.45, 7) is 0.194. The Morgan fingerprint density at radius 3 is 2.62 bits per heavy atom. The van der Waals surface area contributed by atoms with Crippen molar-refractivity contribution in [3.63, 3.8) is 0 Å². The Morgan fingerprint density at radius 2 is 1.85 bits per heavy atom. The molecular formula is C19H15ClN2O4. The number of nitro groups is 1. The van der Waals surface area contributed by atoms with Crippen LogP contribution in [0, 0.1) is 10.1 Å². The van der Waals surface area contributed by atoms with Gasteiger partial charge in [-0.05, 0) is 35.0 Å². The SMILES string of the molecule is O=C(CCOc1ccc2ccccc2c1)Nc1ccc(Cl)c([N+](=O)[O-])c1. The molecule has 0 radical (unpaired) electrons. The summed E-state index contributed by atoms with van der Waals surface area (Å²) in [4.78, 5) is 22.3. The lowest BCUT2D eigenvalue weighted by Crippen LogP contribution is -2.15. The molecule has 0 bridgehead atoms. The molecule has 0 fully saturated rings. The molecule has 1 N–H and O–H groups in total. The van der Waals surface area contributed by atoms with Crippen LogP contribution in [0.15, 0.2) is 60.7 Å². The highest BCUT2D eigenvalue weighted by Crippen LogP contribution is 2.27. The van der Waals surface area contributed by atoms with E-state index < -0.39 is 4.92 Å². The van der Waals surface area contributed by atoms with Crippen LogP contribution >= 0.6 is 11.6 Å². The van der Waals surface area contributed by atoms with Crippen molar-refractivity contribution in [3.8, 4) is 5.75 Å². The topological polar surface area (TPSA) is 81.5 Å². The Labute approximate surface area is 154 Å². The maximum atomic E-state index is 12.0. The third-order valence-electron chi connectivity index (χ3n) is 3.75. The maximum absolute atomic E-state index is 12.0. The lowest BCUT2D eigenvalue weighted by atomic mass is 10.1. The van der Waals surface area contributed by atoms with Gasteiger partial charge in [-0.1, -0.05) is 41.9 Å². The zero-order valence-corrected chi connectivity index (χ0v) is 14.4. The molecule has 0 heterocycles. The minimum absolute atomic E-state index is 0.0210. The number of hydrogen-bond acceptors (Lipinski definition) is 4. The minimum atomic E-state index is -0.596. The number of benzene rings is 3. The highest BCUT2D eigenvalue weighted by Gasteiger charge is 2.14. The Balaban J connectivity index is 1.55. The molecule has 3 aromatic rings. The van der Waals surface area contributed by atoms with Gasteiger partial charge in [-0.25, -0.2) is 0 Å². The van der Waals surface area contributed by atoms with Crippen LogP contribution in [0.3, 0.4) is 0 Å². The van der Waals surface area contributed by atoms with E-state index in [4.69, 9.17) is 16.3 Å². The zero-order chi connectivity index (χ0) is 18.5. The van der Waals surface area contributed by atoms with Crippen molar-refractivity contribution in [1.82, 2.24) is 0 Å². The van der Waals surface area contributed by atoms with E-state index in [1.165, 1.54) is 18.2 Å². The number of halogens is 1. The van der Waals surface area contributed by atoms with Gasteiger partial charge >= 0.3 is 0 Å². The first kappa shape index (κ1) is 17.7. The number of rotatable bonds is 6. The van der Waals surface area contributed by atoms with Crippen LogP contribution in [0.1, 0.15) is 6.42 Å². The first-order valence-corrected chi connectivity index (χ1v) is 8.26. The number of nitrogens with zero attached hydrogens (tertiary/aromatic N) is 1. The molecule has 0 unspecified atom stereocenters. The molecule has 0 spiro atoms. The van der Waals surface area contributed by atoms with Gasteiger partial charge in [0.2, 0.25) is 5.91 Å². The molecule has 132 valence electrons. The zero-order valence-electron chi connectivity index (χ0n) is 13.6. The van der Waals surface area contributed by atoms with Crippen LogP contribution in [-0.2, 0) is 4.79 Å². The second-order valence-corrected chi connectivity index (χ2v) is 5.99. The van der Waals surface area contributed by atoms with Crippen LogP contribution in [0.4, 0.5) is 11.4 Å². The van der Waals surface area contributed by atoms with E-state index in [1.807, 2.05) is 42.5 Å². The van der Waals surface area contributed by atoms with Crippen molar-refractivity contribution in [2.45, 2.75) is 6.42 Å². The number of ether oxygens (including phenoxy) is 1. The second-order valence-electron chi connectivity index (χ2n) is 5.58. The van der Waals surface area contributed by atoms with Crippen LogP contribution in [0.25, 0.3) is 10.8 Å². The Bertz CT molecular complexity index is 975. The molecule has 0 aliphatic carbocycles. The van der Waals surface area contributed by atoms with Crippen LogP contribution in [-0.4, -0.2) is 17.4 Å². The van der Waals surface area contributed by atoms with E-state index in [0.717, 1.165) is 10.8 Å². The number of nitrogens with one attached hydrogen (secondary N) is 1. The molecule has 6 nitrogen and oxygen atoms in total. The third-order valence-corrected chi connectivity index (χ3v) is 4.06. The van der Waals surface area contributed by atoms with Gasteiger partial charge in [-0.15, -0.1) is 0 Å². The first-order chi connectivity index (χ1) is 12.5. The van der Waals surface area contributed by atoms with Gasteiger partial charge in [-0.2, -0.15) is 0 Å². The van der Waals surface area contributed by atoms with Gasteiger partial charge in [-0.3, -0.25) is 14.9 Å². The van der Waals surface area contributed by atoms with E-state index in [0.29, 0.717) is 11.4 Å². The number of hydrogen-bond donors (Lipinski definition) is 1. The molecule has 1 amide bonds. The molecule has 0 aromatic heterocycles. The van der Waals surface area contributed by atoms with Gasteiger partial charge in [0.15, 0.2) is 0 Å². The average molecular weight is 371 g/mol. The lowest BCUT2D eigenvalue weighted by Gasteiger charge is -2.08. The number of nitro benzene ring substituents is 1. The molecule has 3 aromatic carbocycles. The molecule has 0 saturated carbocycles. The summed E-state index contributed by atoms with van der Waals surface area (Å²) in [5, 5.41) is 15.7. The highest BCUT2D eigenvalue weighted by atomic mass is 35.5. The van der Waals surface area contributed by atoms with Gasteiger partial charge in [0.25, 0.3) is 5.69 Å². The van der Waals surface area contributed by atoms with Crippen LogP contribution in [0.2, 0.25) is 5.02 Å². The minimum Gasteiger partial charge on any atom is -0.493 e. The van der Waals surface area contributed by atoms with Crippen LogP contribution in [0.5, 0.6) is 5.75 Å². The summed E-state index contributed by atoms with van der Waals surface area (Å²) in [5.74, 6) is 0.376. The molecule has 7 heteroatoms.